The van der Waals surface area contributed by atoms with E-state index in [1.165, 1.54) is 43.2 Å². The fraction of sp³-hybridized carbons (Fsp3) is 0.688. The summed E-state index contributed by atoms with van der Waals surface area (Å²) in [7, 11) is 3.97. The first-order valence-electron chi connectivity index (χ1n) is 7.80. The fourth-order valence-corrected chi connectivity index (χ4v) is 3.24. The van der Waals surface area contributed by atoms with E-state index in [0.717, 1.165) is 6.42 Å². The number of rotatable bonds is 4. The number of nitrogens with one attached hydrogen (secondary N) is 1. The molecule has 2 aliphatic rings. The number of likely N-dealkylation sites (N-methyl/N-ethyl adjacent to an activating group) is 1. The second-order valence-electron chi connectivity index (χ2n) is 6.23. The van der Waals surface area contributed by atoms with Crippen LogP contribution in [0.15, 0.2) is 12.4 Å². The van der Waals surface area contributed by atoms with Crippen molar-refractivity contribution in [3.05, 3.63) is 23.5 Å². The molecule has 4 nitrogen and oxygen atoms in total. The second kappa shape index (κ2) is 5.60. The molecule has 1 atom stereocenters. The molecule has 4 heteroatoms. The second-order valence-corrected chi connectivity index (χ2v) is 6.23. The molecular weight excluding hydrogens is 250 g/mol. The molecule has 1 aromatic rings. The molecule has 1 heterocycles. The number of carbonyl (C=O) groups excluding carboxylic acids is 1. The highest BCUT2D eigenvalue weighted by Crippen LogP contribution is 2.29. The third-order valence-corrected chi connectivity index (χ3v) is 4.72. The van der Waals surface area contributed by atoms with Crippen LogP contribution in [0.5, 0.6) is 0 Å². The van der Waals surface area contributed by atoms with E-state index in [4.69, 9.17) is 0 Å². The topological polar surface area (TPSA) is 37.3 Å². The summed E-state index contributed by atoms with van der Waals surface area (Å²) >= 11 is 0. The van der Waals surface area contributed by atoms with Gasteiger partial charge in [-0.25, -0.2) is 0 Å². The first-order chi connectivity index (χ1) is 9.69. The third kappa shape index (κ3) is 2.75. The number of fused-ring (bicyclic) bond motifs is 1. The lowest BCUT2D eigenvalue weighted by atomic mass is 10.1. The highest BCUT2D eigenvalue weighted by molar-refractivity contribution is 5.76. The quantitative estimate of drug-likeness (QED) is 0.854. The van der Waals surface area contributed by atoms with E-state index < -0.39 is 0 Å². The highest BCUT2D eigenvalue weighted by atomic mass is 16.2. The summed E-state index contributed by atoms with van der Waals surface area (Å²) in [5.41, 5.74) is 2.82. The van der Waals surface area contributed by atoms with E-state index in [1.807, 2.05) is 19.0 Å². The minimum absolute atomic E-state index is 0.235. The van der Waals surface area contributed by atoms with Gasteiger partial charge in [-0.15, -0.1) is 0 Å². The highest BCUT2D eigenvalue weighted by Gasteiger charge is 2.29. The lowest BCUT2D eigenvalue weighted by Crippen LogP contribution is -2.31. The van der Waals surface area contributed by atoms with Crippen LogP contribution in [-0.4, -0.2) is 35.5 Å². The van der Waals surface area contributed by atoms with Crippen molar-refractivity contribution in [1.29, 1.82) is 0 Å². The molecule has 1 amide bonds. The number of nitrogens with zero attached hydrogens (tertiary/aromatic N) is 2. The average Bonchev–Trinajstić information content (AvgIpc) is 3.23. The van der Waals surface area contributed by atoms with Gasteiger partial charge in [0.25, 0.3) is 0 Å². The van der Waals surface area contributed by atoms with Gasteiger partial charge in [0.15, 0.2) is 0 Å². The SMILES string of the molecule is CNC1CCCCc2cn(CC(=O)N(C)C3CC3)cc21. The van der Waals surface area contributed by atoms with Gasteiger partial charge in [0.1, 0.15) is 6.54 Å². The number of carbonyl (C=O) groups is 1. The number of aryl methyl sites for hydroxylation is 1. The monoisotopic (exact) mass is 275 g/mol. The van der Waals surface area contributed by atoms with Crippen LogP contribution in [0.3, 0.4) is 0 Å². The van der Waals surface area contributed by atoms with Gasteiger partial charge in [-0.2, -0.15) is 0 Å². The predicted octanol–water partition coefficient (Wildman–Crippen LogP) is 2.10. The van der Waals surface area contributed by atoms with Crippen molar-refractivity contribution < 1.29 is 4.79 Å². The van der Waals surface area contributed by atoms with Crippen LogP contribution in [0, 0.1) is 0 Å². The Kier molecular flexibility index (Phi) is 3.83. The van der Waals surface area contributed by atoms with Crippen LogP contribution in [0.25, 0.3) is 0 Å². The van der Waals surface area contributed by atoms with E-state index in [-0.39, 0.29) is 5.91 Å². The number of amides is 1. The average molecular weight is 275 g/mol. The molecule has 1 saturated carbocycles. The number of hydrogen-bond acceptors (Lipinski definition) is 2. The van der Waals surface area contributed by atoms with E-state index >= 15 is 0 Å². The lowest BCUT2D eigenvalue weighted by Gasteiger charge is -2.16. The van der Waals surface area contributed by atoms with Gasteiger partial charge in [-0.1, -0.05) is 6.42 Å². The molecule has 20 heavy (non-hydrogen) atoms. The lowest BCUT2D eigenvalue weighted by molar-refractivity contribution is -0.131. The molecule has 0 saturated heterocycles. The van der Waals surface area contributed by atoms with Gasteiger partial charge >= 0.3 is 0 Å². The van der Waals surface area contributed by atoms with Gasteiger partial charge < -0.3 is 14.8 Å². The molecule has 110 valence electrons. The van der Waals surface area contributed by atoms with Gasteiger partial charge in [0.2, 0.25) is 5.91 Å². The molecule has 1 fully saturated rings. The Balaban J connectivity index is 1.73. The fourth-order valence-electron chi connectivity index (χ4n) is 3.24. The van der Waals surface area contributed by atoms with E-state index in [9.17, 15) is 4.79 Å². The van der Waals surface area contributed by atoms with Crippen molar-refractivity contribution in [3.63, 3.8) is 0 Å². The van der Waals surface area contributed by atoms with Crippen LogP contribution in [0.1, 0.15) is 49.3 Å². The maximum atomic E-state index is 12.2. The summed E-state index contributed by atoms with van der Waals surface area (Å²) in [6.45, 7) is 0.483. The van der Waals surface area contributed by atoms with Crippen LogP contribution in [0.2, 0.25) is 0 Å². The summed E-state index contributed by atoms with van der Waals surface area (Å²) in [5.74, 6) is 0.235. The normalized spacial score (nSPS) is 22.2. The Morgan fingerprint density at radius 3 is 2.85 bits per heavy atom. The molecule has 3 rings (SSSR count). The van der Waals surface area contributed by atoms with E-state index in [1.54, 1.807) is 0 Å². The van der Waals surface area contributed by atoms with E-state index in [2.05, 4.69) is 22.3 Å². The predicted molar refractivity (Wildman–Crippen MR) is 79.6 cm³/mol. The standard InChI is InChI=1S/C16H25N3O/c1-17-15-6-4-3-5-12-9-19(10-14(12)15)11-16(20)18(2)13-7-8-13/h9-10,13,15,17H,3-8,11H2,1-2H3. The Labute approximate surface area is 121 Å². The maximum absolute atomic E-state index is 12.2. The zero-order valence-electron chi connectivity index (χ0n) is 12.6. The van der Waals surface area contributed by atoms with Crippen LogP contribution < -0.4 is 5.32 Å². The largest absolute Gasteiger partial charge is 0.344 e. The zero-order valence-corrected chi connectivity index (χ0v) is 12.6. The summed E-state index contributed by atoms with van der Waals surface area (Å²) in [5, 5.41) is 3.41. The molecule has 1 aromatic heterocycles. The molecule has 0 bridgehead atoms. The Hall–Kier alpha value is -1.29. The van der Waals surface area contributed by atoms with Crippen molar-refractivity contribution in [2.75, 3.05) is 14.1 Å². The van der Waals surface area contributed by atoms with E-state index in [0.29, 0.717) is 18.6 Å². The van der Waals surface area contributed by atoms with Gasteiger partial charge in [0.05, 0.1) is 0 Å². The molecule has 0 radical (unpaired) electrons. The number of aromatic nitrogens is 1. The summed E-state index contributed by atoms with van der Waals surface area (Å²) in [4.78, 5) is 14.1. The third-order valence-electron chi connectivity index (χ3n) is 4.72. The zero-order chi connectivity index (χ0) is 14.1. The summed E-state index contributed by atoms with van der Waals surface area (Å²) in [6, 6.07) is 0.950. The first-order valence-corrected chi connectivity index (χ1v) is 7.80. The van der Waals surface area contributed by atoms with Crippen LogP contribution >= 0.6 is 0 Å². The minimum Gasteiger partial charge on any atom is -0.344 e. The molecular formula is C16H25N3O. The Morgan fingerprint density at radius 2 is 2.15 bits per heavy atom. The van der Waals surface area contributed by atoms with Crippen molar-refractivity contribution in [2.24, 2.45) is 0 Å². The molecule has 1 N–H and O–H groups in total. The smallest absolute Gasteiger partial charge is 0.242 e. The maximum Gasteiger partial charge on any atom is 0.242 e. The van der Waals surface area contributed by atoms with Crippen LogP contribution in [0.4, 0.5) is 0 Å². The van der Waals surface area contributed by atoms with Crippen molar-refractivity contribution in [2.45, 2.75) is 57.2 Å². The van der Waals surface area contributed by atoms with Gasteiger partial charge in [-0.3, -0.25) is 4.79 Å². The van der Waals surface area contributed by atoms with Gasteiger partial charge in [-0.05, 0) is 50.3 Å². The van der Waals surface area contributed by atoms with Crippen molar-refractivity contribution in [1.82, 2.24) is 14.8 Å². The molecule has 1 unspecified atom stereocenters. The first kappa shape index (κ1) is 13.7. The molecule has 0 aliphatic heterocycles. The molecule has 0 spiro atoms. The molecule has 2 aliphatic carbocycles. The Morgan fingerprint density at radius 1 is 1.35 bits per heavy atom. The summed E-state index contributed by atoms with van der Waals surface area (Å²) < 4.78 is 2.08. The molecule has 0 aromatic carbocycles. The number of hydrogen-bond donors (Lipinski definition) is 1. The Bertz CT molecular complexity index is 490. The van der Waals surface area contributed by atoms with Crippen molar-refractivity contribution >= 4 is 5.91 Å². The van der Waals surface area contributed by atoms with Crippen molar-refractivity contribution in [3.8, 4) is 0 Å². The van der Waals surface area contributed by atoms with Crippen LogP contribution in [-0.2, 0) is 17.8 Å². The van der Waals surface area contributed by atoms with Gasteiger partial charge in [0, 0.05) is 31.5 Å². The summed E-state index contributed by atoms with van der Waals surface area (Å²) in [6.07, 6.45) is 11.6. The minimum atomic E-state index is 0.235.